The minimum absolute atomic E-state index is 0. The van der Waals surface area contributed by atoms with Gasteiger partial charge in [-0.15, -0.1) is 12.4 Å². The van der Waals surface area contributed by atoms with Crippen molar-refractivity contribution in [3.63, 3.8) is 0 Å². The lowest BCUT2D eigenvalue weighted by Crippen LogP contribution is -2.36. The number of carbonyl (C=O) groups excluding carboxylic acids is 1. The van der Waals surface area contributed by atoms with Gasteiger partial charge in [-0.3, -0.25) is 4.79 Å². The first-order valence-electron chi connectivity index (χ1n) is 7.63. The molecule has 1 aliphatic heterocycles. The molecule has 1 fully saturated rings. The Morgan fingerprint density at radius 2 is 2.25 bits per heavy atom. The van der Waals surface area contributed by atoms with Crippen molar-refractivity contribution in [2.24, 2.45) is 5.92 Å². The average molecular weight is 353 g/mol. The van der Waals surface area contributed by atoms with Crippen LogP contribution < -0.4 is 15.4 Å². The number of nitrogens with zero attached hydrogens (tertiary/aromatic N) is 2. The zero-order chi connectivity index (χ0) is 16.2. The molecule has 2 unspecified atom stereocenters. The van der Waals surface area contributed by atoms with Crippen LogP contribution >= 0.6 is 12.4 Å². The fourth-order valence-corrected chi connectivity index (χ4v) is 2.76. The molecule has 7 nitrogen and oxygen atoms in total. The van der Waals surface area contributed by atoms with Crippen molar-refractivity contribution < 1.29 is 14.1 Å². The van der Waals surface area contributed by atoms with Crippen LogP contribution in [0.25, 0.3) is 0 Å². The number of carbonyl (C=O) groups is 1. The molecule has 0 radical (unpaired) electrons. The van der Waals surface area contributed by atoms with Crippen LogP contribution in [0.4, 0.5) is 0 Å². The lowest BCUT2D eigenvalue weighted by molar-refractivity contribution is -0.125. The third-order valence-electron chi connectivity index (χ3n) is 3.97. The molecule has 24 heavy (non-hydrogen) atoms. The van der Waals surface area contributed by atoms with E-state index in [9.17, 15) is 4.79 Å². The van der Waals surface area contributed by atoms with Crippen LogP contribution in [-0.2, 0) is 4.79 Å². The van der Waals surface area contributed by atoms with E-state index in [0.29, 0.717) is 24.0 Å². The Balaban J connectivity index is 0.00000208. The number of aromatic nitrogens is 2. The van der Waals surface area contributed by atoms with Gasteiger partial charge in [-0.2, -0.15) is 4.98 Å². The number of rotatable bonds is 5. The highest BCUT2D eigenvalue weighted by Gasteiger charge is 2.29. The van der Waals surface area contributed by atoms with Gasteiger partial charge >= 0.3 is 0 Å². The molecule has 1 amide bonds. The summed E-state index contributed by atoms with van der Waals surface area (Å²) < 4.78 is 10.5. The minimum Gasteiger partial charge on any atom is -0.496 e. The molecule has 0 spiro atoms. The van der Waals surface area contributed by atoms with Gasteiger partial charge in [0.2, 0.25) is 11.8 Å². The van der Waals surface area contributed by atoms with Gasteiger partial charge in [-0.1, -0.05) is 23.4 Å². The van der Waals surface area contributed by atoms with Crippen LogP contribution in [0.2, 0.25) is 0 Å². The molecular weight excluding hydrogens is 332 g/mol. The van der Waals surface area contributed by atoms with Gasteiger partial charge in [0.1, 0.15) is 11.8 Å². The van der Waals surface area contributed by atoms with Crippen LogP contribution in [0.5, 0.6) is 5.75 Å². The molecule has 8 heteroatoms. The van der Waals surface area contributed by atoms with Crippen LogP contribution in [0.3, 0.4) is 0 Å². The van der Waals surface area contributed by atoms with Crippen LogP contribution in [-0.4, -0.2) is 36.2 Å². The molecular formula is C16H21ClN4O3. The zero-order valence-corrected chi connectivity index (χ0v) is 14.4. The van der Waals surface area contributed by atoms with Crippen LogP contribution in [0, 0.1) is 12.8 Å². The Labute approximate surface area is 146 Å². The second-order valence-corrected chi connectivity index (χ2v) is 5.54. The number of aryl methyl sites for hydroxylation is 1. The summed E-state index contributed by atoms with van der Waals surface area (Å²) in [5.41, 5.74) is 0.801. The van der Waals surface area contributed by atoms with Gasteiger partial charge in [0, 0.05) is 19.0 Å². The quantitative estimate of drug-likeness (QED) is 0.850. The van der Waals surface area contributed by atoms with E-state index in [1.165, 1.54) is 0 Å². The summed E-state index contributed by atoms with van der Waals surface area (Å²) in [6.45, 7) is 3.27. The minimum atomic E-state index is -0.503. The van der Waals surface area contributed by atoms with Gasteiger partial charge in [0.05, 0.1) is 13.0 Å². The first kappa shape index (κ1) is 18.2. The highest BCUT2D eigenvalue weighted by molar-refractivity contribution is 5.85. The van der Waals surface area contributed by atoms with Crippen molar-refractivity contribution in [2.75, 3.05) is 20.2 Å². The molecule has 0 saturated carbocycles. The monoisotopic (exact) mass is 352 g/mol. The van der Waals surface area contributed by atoms with E-state index in [2.05, 4.69) is 20.8 Å². The summed E-state index contributed by atoms with van der Waals surface area (Å²) in [6, 6.07) is 7.00. The van der Waals surface area contributed by atoms with E-state index in [4.69, 9.17) is 9.26 Å². The number of amides is 1. The molecule has 1 aromatic carbocycles. The number of methoxy groups -OCH3 is 1. The lowest BCUT2D eigenvalue weighted by Gasteiger charge is -2.20. The molecule has 130 valence electrons. The highest BCUT2D eigenvalue weighted by Crippen LogP contribution is 2.29. The summed E-state index contributed by atoms with van der Waals surface area (Å²) in [6.07, 6.45) is 0.829. The van der Waals surface area contributed by atoms with Gasteiger partial charge in [0.15, 0.2) is 5.82 Å². The molecule has 1 saturated heterocycles. The number of benzene rings is 1. The van der Waals surface area contributed by atoms with Gasteiger partial charge < -0.3 is 19.9 Å². The number of nitrogens with one attached hydrogen (secondary N) is 2. The van der Waals surface area contributed by atoms with Crippen molar-refractivity contribution in [2.45, 2.75) is 19.4 Å². The fraction of sp³-hybridized carbons (Fsp3) is 0.438. The molecule has 2 heterocycles. The Morgan fingerprint density at radius 3 is 2.88 bits per heavy atom. The number of ether oxygens (including phenoxy) is 1. The van der Waals surface area contributed by atoms with E-state index in [1.54, 1.807) is 14.0 Å². The van der Waals surface area contributed by atoms with Gasteiger partial charge in [-0.05, 0) is 19.0 Å². The first-order valence-corrected chi connectivity index (χ1v) is 7.63. The third-order valence-corrected chi connectivity index (χ3v) is 3.97. The molecule has 2 aromatic rings. The van der Waals surface area contributed by atoms with Crippen molar-refractivity contribution in [3.05, 3.63) is 41.5 Å². The first-order chi connectivity index (χ1) is 11.2. The number of halogens is 1. The molecule has 1 aliphatic rings. The summed E-state index contributed by atoms with van der Waals surface area (Å²) in [4.78, 5) is 16.8. The standard InChI is InChI=1S/C16H20N4O3.ClH/c1-10-18-15(20-23-10)14(12-5-3-4-6-13(12)22-2)19-16(21)11-7-8-17-9-11;/h3-6,11,14,17H,7-9H2,1-2H3,(H,19,21);1H. The van der Waals surface area contributed by atoms with Crippen LogP contribution in [0.15, 0.2) is 28.8 Å². The summed E-state index contributed by atoms with van der Waals surface area (Å²) in [5, 5.41) is 10.2. The lowest BCUT2D eigenvalue weighted by atomic mass is 10.0. The smallest absolute Gasteiger partial charge is 0.225 e. The highest BCUT2D eigenvalue weighted by atomic mass is 35.5. The van der Waals surface area contributed by atoms with Crippen molar-refractivity contribution >= 4 is 18.3 Å². The Kier molecular flexibility index (Phi) is 6.16. The number of para-hydroxylation sites is 1. The number of hydrogen-bond donors (Lipinski definition) is 2. The predicted molar refractivity (Wildman–Crippen MR) is 90.2 cm³/mol. The maximum absolute atomic E-state index is 12.5. The third kappa shape index (κ3) is 3.85. The average Bonchev–Trinajstić information content (AvgIpc) is 3.24. The molecule has 2 N–H and O–H groups in total. The van der Waals surface area contributed by atoms with E-state index in [1.807, 2.05) is 24.3 Å². The SMILES string of the molecule is COc1ccccc1C(NC(=O)C1CCNC1)c1noc(C)n1.Cl. The summed E-state index contributed by atoms with van der Waals surface area (Å²) in [5.74, 6) is 1.49. The van der Waals surface area contributed by atoms with Gasteiger partial charge in [0.25, 0.3) is 0 Å². The maximum atomic E-state index is 12.5. The topological polar surface area (TPSA) is 89.3 Å². The van der Waals surface area contributed by atoms with E-state index in [-0.39, 0.29) is 24.2 Å². The Hall–Kier alpha value is -2.12. The molecule has 1 aromatic heterocycles. The second-order valence-electron chi connectivity index (χ2n) is 5.54. The Morgan fingerprint density at radius 1 is 1.46 bits per heavy atom. The zero-order valence-electron chi connectivity index (χ0n) is 13.6. The fourth-order valence-electron chi connectivity index (χ4n) is 2.76. The van der Waals surface area contributed by atoms with E-state index < -0.39 is 6.04 Å². The molecule has 0 aliphatic carbocycles. The van der Waals surface area contributed by atoms with E-state index in [0.717, 1.165) is 18.5 Å². The second kappa shape index (κ2) is 8.12. The van der Waals surface area contributed by atoms with Crippen molar-refractivity contribution in [3.8, 4) is 5.75 Å². The Bertz CT molecular complexity index is 685. The molecule has 2 atom stereocenters. The summed E-state index contributed by atoms with van der Waals surface area (Å²) in [7, 11) is 1.60. The molecule has 3 rings (SSSR count). The van der Waals surface area contributed by atoms with E-state index >= 15 is 0 Å². The predicted octanol–water partition coefficient (Wildman–Crippen LogP) is 1.62. The molecule has 0 bridgehead atoms. The normalized spacial score (nSPS) is 17.8. The largest absolute Gasteiger partial charge is 0.496 e. The van der Waals surface area contributed by atoms with Crippen LogP contribution in [0.1, 0.15) is 29.7 Å². The maximum Gasteiger partial charge on any atom is 0.225 e. The van der Waals surface area contributed by atoms with Crippen molar-refractivity contribution in [1.29, 1.82) is 0 Å². The van der Waals surface area contributed by atoms with Crippen molar-refractivity contribution in [1.82, 2.24) is 20.8 Å². The summed E-state index contributed by atoms with van der Waals surface area (Å²) >= 11 is 0. The van der Waals surface area contributed by atoms with Gasteiger partial charge in [-0.25, -0.2) is 0 Å². The number of hydrogen-bond acceptors (Lipinski definition) is 6.